The number of unbranched alkanes of at least 4 members (excludes halogenated alkanes) is 7. The maximum absolute atomic E-state index is 11.4. The minimum Gasteiger partial charge on any atom is -0.322 e. The van der Waals surface area contributed by atoms with Crippen LogP contribution in [-0.4, -0.2) is 46.7 Å². The van der Waals surface area contributed by atoms with Crippen molar-refractivity contribution in [1.82, 2.24) is 0 Å². The van der Waals surface area contributed by atoms with E-state index >= 15 is 0 Å². The zero-order valence-electron chi connectivity index (χ0n) is 17.7. The van der Waals surface area contributed by atoms with Crippen molar-refractivity contribution in [2.45, 2.75) is 90.1 Å². The third-order valence-corrected chi connectivity index (χ3v) is 6.47. The molecule has 0 aliphatic carbocycles. The SMILES string of the molecule is CC(N)C(=O)CCSCCCCCCCCCCSCCC(=O)C(C)N.Cl.Cl. The minimum atomic E-state index is -0.307. The third-order valence-electron chi connectivity index (χ3n) is 4.33. The fraction of sp³-hybridized carbons (Fsp3) is 0.900. The standard InChI is InChI=1S/C20H40N2O2S2.2ClH/c1-17(21)19(23)11-15-25-13-9-7-5-3-4-6-8-10-14-26-16-12-20(24)18(2)22;;/h17-18H,3-16,21-22H2,1-2H3;2*1H. The Balaban J connectivity index is -0.00000312. The highest BCUT2D eigenvalue weighted by atomic mass is 35.5. The summed E-state index contributed by atoms with van der Waals surface area (Å²) in [6, 6.07) is -0.614. The van der Waals surface area contributed by atoms with Crippen molar-refractivity contribution in [3.8, 4) is 0 Å². The quantitative estimate of drug-likeness (QED) is 0.254. The van der Waals surface area contributed by atoms with Crippen LogP contribution in [0.2, 0.25) is 0 Å². The van der Waals surface area contributed by atoms with Gasteiger partial charge in [-0.1, -0.05) is 38.5 Å². The molecule has 170 valence electrons. The number of Topliss-reactive ketones (excluding diaryl/α,β-unsaturated/α-hetero) is 2. The molecular formula is C20H42Cl2N2O2S2. The predicted molar refractivity (Wildman–Crippen MR) is 133 cm³/mol. The number of carbonyl (C=O) groups is 2. The molecule has 0 rings (SSSR count). The molecule has 2 unspecified atom stereocenters. The summed E-state index contributed by atoms with van der Waals surface area (Å²) in [6.45, 7) is 3.52. The molecule has 0 fully saturated rings. The van der Waals surface area contributed by atoms with Gasteiger partial charge in [-0.25, -0.2) is 0 Å². The molecule has 0 aromatic rings. The zero-order valence-corrected chi connectivity index (χ0v) is 20.9. The van der Waals surface area contributed by atoms with Crippen molar-refractivity contribution in [2.24, 2.45) is 11.5 Å². The number of thioether (sulfide) groups is 2. The van der Waals surface area contributed by atoms with E-state index in [1.165, 1.54) is 51.4 Å². The molecule has 4 N–H and O–H groups in total. The molecule has 28 heavy (non-hydrogen) atoms. The van der Waals surface area contributed by atoms with Gasteiger partial charge in [0.2, 0.25) is 0 Å². The van der Waals surface area contributed by atoms with Crippen LogP contribution >= 0.6 is 48.3 Å². The predicted octanol–water partition coefficient (Wildman–Crippen LogP) is 5.03. The Morgan fingerprint density at radius 3 is 1.18 bits per heavy atom. The van der Waals surface area contributed by atoms with Gasteiger partial charge >= 0.3 is 0 Å². The van der Waals surface area contributed by atoms with E-state index in [1.807, 2.05) is 23.5 Å². The summed E-state index contributed by atoms with van der Waals surface area (Å²) in [5, 5.41) is 0. The van der Waals surface area contributed by atoms with E-state index in [-0.39, 0.29) is 48.5 Å². The molecule has 0 saturated heterocycles. The van der Waals surface area contributed by atoms with E-state index in [9.17, 15) is 9.59 Å². The van der Waals surface area contributed by atoms with E-state index in [2.05, 4.69) is 0 Å². The topological polar surface area (TPSA) is 86.2 Å². The van der Waals surface area contributed by atoms with Crippen molar-refractivity contribution in [2.75, 3.05) is 23.0 Å². The summed E-state index contributed by atoms with van der Waals surface area (Å²) in [6.07, 6.45) is 11.7. The molecule has 0 bridgehead atoms. The minimum absolute atomic E-state index is 0. The van der Waals surface area contributed by atoms with Gasteiger partial charge in [0.15, 0.2) is 0 Å². The second-order valence-corrected chi connectivity index (χ2v) is 9.51. The fourth-order valence-electron chi connectivity index (χ4n) is 2.47. The Labute approximate surface area is 193 Å². The number of halogens is 2. The molecule has 4 nitrogen and oxygen atoms in total. The average Bonchev–Trinajstić information content (AvgIpc) is 2.60. The second-order valence-electron chi connectivity index (χ2n) is 7.06. The largest absolute Gasteiger partial charge is 0.322 e. The smallest absolute Gasteiger partial charge is 0.150 e. The first-order valence-corrected chi connectivity index (χ1v) is 12.5. The molecule has 0 aromatic carbocycles. The van der Waals surface area contributed by atoms with E-state index in [1.54, 1.807) is 13.8 Å². The molecule has 0 spiro atoms. The number of hydrogen-bond donors (Lipinski definition) is 2. The lowest BCUT2D eigenvalue weighted by Gasteiger charge is -2.05. The molecule has 0 heterocycles. The summed E-state index contributed by atoms with van der Waals surface area (Å²) in [5.74, 6) is 4.50. The number of carbonyl (C=O) groups excluding carboxylic acids is 2. The Hall–Kier alpha value is 0.540. The van der Waals surface area contributed by atoms with Crippen LogP contribution in [0, 0.1) is 0 Å². The molecule has 0 amide bonds. The van der Waals surface area contributed by atoms with Crippen LogP contribution in [0.5, 0.6) is 0 Å². The summed E-state index contributed by atoms with van der Waals surface area (Å²) in [7, 11) is 0. The van der Waals surface area contributed by atoms with Gasteiger partial charge in [-0.3, -0.25) is 9.59 Å². The zero-order chi connectivity index (χ0) is 19.6. The van der Waals surface area contributed by atoms with Gasteiger partial charge in [0, 0.05) is 24.3 Å². The number of hydrogen-bond acceptors (Lipinski definition) is 6. The third kappa shape index (κ3) is 22.8. The van der Waals surface area contributed by atoms with Crippen LogP contribution < -0.4 is 11.5 Å². The van der Waals surface area contributed by atoms with E-state index in [0.717, 1.165) is 23.0 Å². The number of rotatable bonds is 19. The van der Waals surface area contributed by atoms with Gasteiger partial charge in [-0.2, -0.15) is 23.5 Å². The van der Waals surface area contributed by atoms with Gasteiger partial charge in [0.1, 0.15) is 11.6 Å². The highest BCUT2D eigenvalue weighted by Gasteiger charge is 2.07. The molecule has 0 aliphatic heterocycles. The summed E-state index contributed by atoms with van der Waals surface area (Å²) in [5.41, 5.74) is 11.1. The lowest BCUT2D eigenvalue weighted by atomic mass is 10.1. The number of nitrogens with two attached hydrogens (primary N) is 2. The van der Waals surface area contributed by atoms with Gasteiger partial charge in [0.05, 0.1) is 12.1 Å². The molecule has 0 aromatic heterocycles. The van der Waals surface area contributed by atoms with Crippen molar-refractivity contribution < 1.29 is 9.59 Å². The molecular weight excluding hydrogens is 435 g/mol. The average molecular weight is 478 g/mol. The van der Waals surface area contributed by atoms with Gasteiger partial charge in [-0.05, 0) is 38.2 Å². The first-order valence-electron chi connectivity index (χ1n) is 10.2. The van der Waals surface area contributed by atoms with Gasteiger partial charge in [0.25, 0.3) is 0 Å². The Morgan fingerprint density at radius 1 is 0.607 bits per heavy atom. The highest BCUT2D eigenvalue weighted by molar-refractivity contribution is 7.99. The summed E-state index contributed by atoms with van der Waals surface area (Å²) in [4.78, 5) is 22.7. The fourth-order valence-corrected chi connectivity index (χ4v) is 4.39. The molecule has 0 saturated carbocycles. The van der Waals surface area contributed by atoms with Gasteiger partial charge in [-0.15, -0.1) is 24.8 Å². The van der Waals surface area contributed by atoms with E-state index in [4.69, 9.17) is 11.5 Å². The van der Waals surface area contributed by atoms with Crippen LogP contribution in [-0.2, 0) is 9.59 Å². The van der Waals surface area contributed by atoms with Crippen molar-refractivity contribution in [3.63, 3.8) is 0 Å². The molecule has 2 atom stereocenters. The Morgan fingerprint density at radius 2 is 0.893 bits per heavy atom. The van der Waals surface area contributed by atoms with Crippen LogP contribution in [0.4, 0.5) is 0 Å². The second kappa shape index (κ2) is 23.8. The Kier molecular flexibility index (Phi) is 28.2. The van der Waals surface area contributed by atoms with Gasteiger partial charge < -0.3 is 11.5 Å². The highest BCUT2D eigenvalue weighted by Crippen LogP contribution is 2.14. The maximum Gasteiger partial charge on any atom is 0.150 e. The lowest BCUT2D eigenvalue weighted by Crippen LogP contribution is -2.26. The molecule has 8 heteroatoms. The van der Waals surface area contributed by atoms with Crippen LogP contribution in [0.15, 0.2) is 0 Å². The van der Waals surface area contributed by atoms with E-state index < -0.39 is 0 Å². The first-order chi connectivity index (χ1) is 12.4. The van der Waals surface area contributed by atoms with Crippen LogP contribution in [0.3, 0.4) is 0 Å². The van der Waals surface area contributed by atoms with Crippen molar-refractivity contribution in [3.05, 3.63) is 0 Å². The normalized spacial score (nSPS) is 12.6. The maximum atomic E-state index is 11.4. The van der Waals surface area contributed by atoms with Crippen LogP contribution in [0.1, 0.15) is 78.1 Å². The molecule has 0 radical (unpaired) electrons. The van der Waals surface area contributed by atoms with Crippen molar-refractivity contribution in [1.29, 1.82) is 0 Å². The monoisotopic (exact) mass is 476 g/mol. The summed E-state index contributed by atoms with van der Waals surface area (Å²) >= 11 is 3.75. The van der Waals surface area contributed by atoms with E-state index in [0.29, 0.717) is 12.8 Å². The van der Waals surface area contributed by atoms with Crippen LogP contribution in [0.25, 0.3) is 0 Å². The summed E-state index contributed by atoms with van der Waals surface area (Å²) < 4.78 is 0. The molecule has 0 aliphatic rings. The van der Waals surface area contributed by atoms with Crippen molar-refractivity contribution >= 4 is 59.9 Å². The Bertz CT molecular complexity index is 340. The lowest BCUT2D eigenvalue weighted by molar-refractivity contribution is -0.120. The number of ketones is 2. The first kappa shape index (κ1) is 33.2.